The average Bonchev–Trinajstić information content (AvgIpc) is 2.42. The lowest BCUT2D eigenvalue weighted by molar-refractivity contribution is -0.128. The van der Waals surface area contributed by atoms with Gasteiger partial charge in [0.2, 0.25) is 5.78 Å². The third kappa shape index (κ3) is 4.72. The molecule has 0 atom stereocenters. The summed E-state index contributed by atoms with van der Waals surface area (Å²) >= 11 is 0. The maximum atomic E-state index is 12.3. The summed E-state index contributed by atoms with van der Waals surface area (Å²) in [5, 5.41) is 5.08. The summed E-state index contributed by atoms with van der Waals surface area (Å²) in [4.78, 5) is 22.4. The Kier molecular flexibility index (Phi) is 5.71. The summed E-state index contributed by atoms with van der Waals surface area (Å²) in [6.07, 6.45) is -0.728. The Morgan fingerprint density at radius 2 is 1.85 bits per heavy atom. The molecule has 0 N–H and O–H groups in total. The number of alkyl halides is 2. The van der Waals surface area contributed by atoms with Crippen LogP contribution in [0.15, 0.2) is 47.2 Å². The van der Waals surface area contributed by atoms with E-state index in [0.717, 1.165) is 23.7 Å². The number of nitrogens with zero attached hydrogens (tertiary/aromatic N) is 2. The monoisotopic (exact) mass is 280 g/mol. The van der Waals surface area contributed by atoms with E-state index in [4.69, 9.17) is 0 Å². The number of allylic oxidation sites excluding steroid dienone is 1. The van der Waals surface area contributed by atoms with Crippen molar-refractivity contribution in [3.63, 3.8) is 0 Å². The van der Waals surface area contributed by atoms with Crippen LogP contribution in [0.3, 0.4) is 0 Å². The molecule has 0 aliphatic carbocycles. The number of rotatable bonds is 6. The molecule has 0 aliphatic rings. The molecule has 0 saturated carbocycles. The summed E-state index contributed by atoms with van der Waals surface area (Å²) in [5.41, 5.74) is 0.227. The zero-order valence-electron chi connectivity index (χ0n) is 11.1. The van der Waals surface area contributed by atoms with Gasteiger partial charge in [0.25, 0.3) is 0 Å². The van der Waals surface area contributed by atoms with Crippen LogP contribution in [0, 0.1) is 0 Å². The van der Waals surface area contributed by atoms with Crippen molar-refractivity contribution >= 4 is 17.8 Å². The number of hydrogen-bond acceptors (Lipinski definition) is 4. The summed E-state index contributed by atoms with van der Waals surface area (Å²) in [6.45, 7) is 1.06. The van der Waals surface area contributed by atoms with Crippen molar-refractivity contribution in [2.24, 2.45) is 5.10 Å². The molecule has 0 aliphatic heterocycles. The molecule has 0 heterocycles. The van der Waals surface area contributed by atoms with Crippen molar-refractivity contribution in [2.45, 2.75) is 13.3 Å². The van der Waals surface area contributed by atoms with E-state index >= 15 is 0 Å². The van der Waals surface area contributed by atoms with E-state index in [1.165, 1.54) is 13.3 Å². The van der Waals surface area contributed by atoms with Crippen molar-refractivity contribution in [1.29, 1.82) is 0 Å². The predicted molar refractivity (Wildman–Crippen MR) is 71.6 cm³/mol. The van der Waals surface area contributed by atoms with Crippen LogP contribution in [0.2, 0.25) is 0 Å². The fraction of sp³-hybridized carbons (Fsp3) is 0.214. The topological polar surface area (TPSA) is 49.7 Å². The summed E-state index contributed by atoms with van der Waals surface area (Å²) in [6, 6.07) is 9.08. The predicted octanol–water partition coefficient (Wildman–Crippen LogP) is 2.26. The molecule has 0 spiro atoms. The Labute approximate surface area is 115 Å². The lowest BCUT2D eigenvalue weighted by Crippen LogP contribution is -2.20. The van der Waals surface area contributed by atoms with Crippen LogP contribution < -0.4 is 0 Å². The molecule has 0 unspecified atom stereocenters. The smallest absolute Gasteiger partial charge is 0.294 e. The van der Waals surface area contributed by atoms with Crippen molar-refractivity contribution < 1.29 is 18.4 Å². The number of ketones is 2. The van der Waals surface area contributed by atoms with Crippen LogP contribution in [-0.2, 0) is 9.59 Å². The molecule has 4 nitrogen and oxygen atoms in total. The molecule has 20 heavy (non-hydrogen) atoms. The first-order chi connectivity index (χ1) is 9.41. The van der Waals surface area contributed by atoms with Gasteiger partial charge in [-0.1, -0.05) is 30.3 Å². The third-order valence-corrected chi connectivity index (χ3v) is 2.35. The number of benzene rings is 1. The highest BCUT2D eigenvalue weighted by atomic mass is 19.3. The molecular formula is C14H14F2N2O2. The minimum atomic E-state index is -3.21. The quantitative estimate of drug-likeness (QED) is 0.264. The molecule has 6 heteroatoms. The Hall–Kier alpha value is -2.37. The second kappa shape index (κ2) is 7.28. The van der Waals surface area contributed by atoms with Crippen LogP contribution in [0.4, 0.5) is 8.78 Å². The average molecular weight is 280 g/mol. The maximum absolute atomic E-state index is 12.3. The van der Waals surface area contributed by atoms with Crippen molar-refractivity contribution in [3.8, 4) is 0 Å². The minimum Gasteiger partial charge on any atom is -0.294 e. The van der Waals surface area contributed by atoms with Crippen molar-refractivity contribution in [2.75, 3.05) is 7.05 Å². The lowest BCUT2D eigenvalue weighted by Gasteiger charge is -2.09. The standard InChI is InChI=1S/C14H14F2N2O2/c1-10(19)12(13(20)14(15)16)9-18(2)17-8-11-6-4-3-5-7-11/h3-9,14H,1-2H3/b12-9+,17-8+. The van der Waals surface area contributed by atoms with Gasteiger partial charge in [0.1, 0.15) is 0 Å². The Morgan fingerprint density at radius 3 is 2.35 bits per heavy atom. The first-order valence-electron chi connectivity index (χ1n) is 5.79. The van der Waals surface area contributed by atoms with Crippen LogP contribution in [-0.4, -0.2) is 36.3 Å². The minimum absolute atomic E-state index is 0.576. The molecular weight excluding hydrogens is 266 g/mol. The summed E-state index contributed by atoms with van der Waals surface area (Å²) in [7, 11) is 1.45. The van der Waals surface area contributed by atoms with E-state index in [2.05, 4.69) is 5.10 Å². The van der Waals surface area contributed by atoms with Gasteiger partial charge in [0.15, 0.2) is 5.78 Å². The molecule has 1 rings (SSSR count). The molecule has 0 fully saturated rings. The van der Waals surface area contributed by atoms with E-state index in [1.54, 1.807) is 12.1 Å². The van der Waals surface area contributed by atoms with E-state index < -0.39 is 23.6 Å². The first kappa shape index (κ1) is 15.7. The lowest BCUT2D eigenvalue weighted by atomic mass is 10.1. The van der Waals surface area contributed by atoms with Crippen LogP contribution in [0.1, 0.15) is 12.5 Å². The van der Waals surface area contributed by atoms with Gasteiger partial charge in [0, 0.05) is 13.2 Å². The van der Waals surface area contributed by atoms with Gasteiger partial charge >= 0.3 is 6.43 Å². The zero-order valence-corrected chi connectivity index (χ0v) is 11.1. The Morgan fingerprint density at radius 1 is 1.25 bits per heavy atom. The highest BCUT2D eigenvalue weighted by molar-refractivity contribution is 6.20. The maximum Gasteiger partial charge on any atom is 0.300 e. The first-order valence-corrected chi connectivity index (χ1v) is 5.79. The number of hydrazone groups is 1. The van der Waals surface area contributed by atoms with Gasteiger partial charge in [-0.15, -0.1) is 0 Å². The fourth-order valence-electron chi connectivity index (χ4n) is 1.36. The van der Waals surface area contributed by atoms with Crippen LogP contribution in [0.5, 0.6) is 0 Å². The zero-order chi connectivity index (χ0) is 15.1. The fourth-order valence-corrected chi connectivity index (χ4v) is 1.36. The summed E-state index contributed by atoms with van der Waals surface area (Å²) in [5.74, 6) is -2.23. The molecule has 0 saturated heterocycles. The molecule has 0 radical (unpaired) electrons. The van der Waals surface area contributed by atoms with Crippen molar-refractivity contribution in [1.82, 2.24) is 5.01 Å². The van der Waals surface area contributed by atoms with Crippen LogP contribution >= 0.6 is 0 Å². The van der Waals surface area contributed by atoms with Crippen LogP contribution in [0.25, 0.3) is 0 Å². The molecule has 1 aromatic carbocycles. The van der Waals surface area contributed by atoms with Gasteiger partial charge < -0.3 is 0 Å². The molecule has 0 bridgehead atoms. The van der Waals surface area contributed by atoms with Gasteiger partial charge in [-0.05, 0) is 12.5 Å². The molecule has 1 aromatic rings. The van der Waals surface area contributed by atoms with E-state index in [-0.39, 0.29) is 0 Å². The van der Waals surface area contributed by atoms with E-state index in [1.807, 2.05) is 18.2 Å². The Bertz CT molecular complexity index is 539. The number of halogens is 2. The SMILES string of the molecule is CC(=O)/C(=C\N(C)/N=C/c1ccccc1)C(=O)C(F)F. The van der Waals surface area contributed by atoms with Gasteiger partial charge in [-0.3, -0.25) is 14.6 Å². The third-order valence-electron chi connectivity index (χ3n) is 2.35. The number of hydrogen-bond donors (Lipinski definition) is 0. The Balaban J connectivity index is 2.87. The van der Waals surface area contributed by atoms with Crippen molar-refractivity contribution in [3.05, 3.63) is 47.7 Å². The number of carbonyl (C=O) groups excluding carboxylic acids is 2. The van der Waals surface area contributed by atoms with Gasteiger partial charge in [-0.25, -0.2) is 8.78 Å². The molecule has 0 amide bonds. The summed E-state index contributed by atoms with van der Waals surface area (Å²) < 4.78 is 24.7. The normalized spacial score (nSPS) is 11.9. The van der Waals surface area contributed by atoms with Gasteiger partial charge in [0.05, 0.1) is 11.8 Å². The second-order valence-corrected chi connectivity index (χ2v) is 3.99. The van der Waals surface area contributed by atoms with E-state index in [9.17, 15) is 18.4 Å². The highest BCUT2D eigenvalue weighted by Crippen LogP contribution is 2.08. The van der Waals surface area contributed by atoms with E-state index in [0.29, 0.717) is 0 Å². The second-order valence-electron chi connectivity index (χ2n) is 3.99. The van der Waals surface area contributed by atoms with Gasteiger partial charge in [-0.2, -0.15) is 5.10 Å². The molecule has 106 valence electrons. The largest absolute Gasteiger partial charge is 0.300 e. The number of Topliss-reactive ketones (excluding diaryl/α,β-unsaturated/α-hetero) is 2. The number of carbonyl (C=O) groups is 2. The molecule has 0 aromatic heterocycles. The highest BCUT2D eigenvalue weighted by Gasteiger charge is 2.24.